The lowest BCUT2D eigenvalue weighted by molar-refractivity contribution is 0.0491. The van der Waals surface area contributed by atoms with Crippen molar-refractivity contribution in [2.24, 2.45) is 11.8 Å². The number of benzene rings is 1. The first-order valence-electron chi connectivity index (χ1n) is 6.47. The largest absolute Gasteiger partial charge is 0.399 e. The first-order chi connectivity index (χ1) is 8.41. The molecule has 18 heavy (non-hydrogen) atoms. The number of nitrogens with two attached hydrogens (primary N) is 1. The molecular weight excluding hydrogens is 226 g/mol. The molecule has 0 spiro atoms. The molecule has 0 aliphatic carbocycles. The maximum absolute atomic E-state index is 12.6. The molecular formula is C15H21NO2. The van der Waals surface area contributed by atoms with Crippen LogP contribution in [0.4, 0.5) is 5.69 Å². The van der Waals surface area contributed by atoms with Gasteiger partial charge in [-0.3, -0.25) is 4.79 Å². The molecule has 1 aliphatic heterocycles. The van der Waals surface area contributed by atoms with E-state index < -0.39 is 0 Å². The molecule has 1 aromatic carbocycles. The van der Waals surface area contributed by atoms with Crippen molar-refractivity contribution in [2.75, 3.05) is 5.73 Å². The van der Waals surface area contributed by atoms with Crippen LogP contribution in [0.2, 0.25) is 0 Å². The van der Waals surface area contributed by atoms with Crippen LogP contribution in [-0.2, 0) is 4.74 Å². The Labute approximate surface area is 108 Å². The number of nitrogen functional groups attached to an aromatic ring is 1. The molecule has 0 saturated carbocycles. The van der Waals surface area contributed by atoms with Gasteiger partial charge >= 0.3 is 0 Å². The predicted molar refractivity (Wildman–Crippen MR) is 72.6 cm³/mol. The van der Waals surface area contributed by atoms with Crippen LogP contribution in [0.15, 0.2) is 18.2 Å². The van der Waals surface area contributed by atoms with Crippen molar-refractivity contribution < 1.29 is 9.53 Å². The zero-order valence-electron chi connectivity index (χ0n) is 11.4. The van der Waals surface area contributed by atoms with E-state index in [2.05, 4.69) is 6.92 Å². The second-order valence-corrected chi connectivity index (χ2v) is 5.37. The number of aryl methyl sites for hydroxylation is 1. The molecule has 0 radical (unpaired) electrons. The number of hydrogen-bond acceptors (Lipinski definition) is 3. The van der Waals surface area contributed by atoms with E-state index in [0.29, 0.717) is 0 Å². The van der Waals surface area contributed by atoms with Crippen LogP contribution in [0.3, 0.4) is 0 Å². The third-order valence-corrected chi connectivity index (χ3v) is 4.10. The van der Waals surface area contributed by atoms with Gasteiger partial charge in [-0.25, -0.2) is 0 Å². The second kappa shape index (κ2) is 4.73. The Hall–Kier alpha value is -1.35. The van der Waals surface area contributed by atoms with Crippen LogP contribution in [0.25, 0.3) is 0 Å². The van der Waals surface area contributed by atoms with Gasteiger partial charge in [0.2, 0.25) is 0 Å². The van der Waals surface area contributed by atoms with E-state index >= 15 is 0 Å². The van der Waals surface area contributed by atoms with Gasteiger partial charge < -0.3 is 10.5 Å². The van der Waals surface area contributed by atoms with Gasteiger partial charge in [0.15, 0.2) is 5.78 Å². The Morgan fingerprint density at radius 1 is 1.22 bits per heavy atom. The number of Topliss-reactive ketones (excluding diaryl/α,β-unsaturated/α-hetero) is 1. The van der Waals surface area contributed by atoms with Gasteiger partial charge in [-0.2, -0.15) is 0 Å². The maximum Gasteiger partial charge on any atom is 0.168 e. The number of carbonyl (C=O) groups excluding carboxylic acids is 1. The van der Waals surface area contributed by atoms with Crippen molar-refractivity contribution in [3.63, 3.8) is 0 Å². The minimum absolute atomic E-state index is 0.0136. The van der Waals surface area contributed by atoms with E-state index in [1.54, 1.807) is 6.07 Å². The zero-order valence-corrected chi connectivity index (χ0v) is 11.4. The summed E-state index contributed by atoms with van der Waals surface area (Å²) in [6, 6.07) is 5.49. The topological polar surface area (TPSA) is 52.3 Å². The highest BCUT2D eigenvalue weighted by atomic mass is 16.5. The smallest absolute Gasteiger partial charge is 0.168 e. The van der Waals surface area contributed by atoms with Gasteiger partial charge in [-0.15, -0.1) is 0 Å². The molecule has 1 heterocycles. The highest BCUT2D eigenvalue weighted by molar-refractivity contribution is 5.99. The molecule has 3 nitrogen and oxygen atoms in total. The molecule has 4 atom stereocenters. The van der Waals surface area contributed by atoms with E-state index in [9.17, 15) is 4.79 Å². The second-order valence-electron chi connectivity index (χ2n) is 5.37. The van der Waals surface area contributed by atoms with Crippen LogP contribution in [0, 0.1) is 18.8 Å². The Morgan fingerprint density at radius 2 is 1.89 bits per heavy atom. The van der Waals surface area contributed by atoms with E-state index in [0.717, 1.165) is 16.8 Å². The summed E-state index contributed by atoms with van der Waals surface area (Å²) in [4.78, 5) is 12.6. The summed E-state index contributed by atoms with van der Waals surface area (Å²) < 4.78 is 5.74. The summed E-state index contributed by atoms with van der Waals surface area (Å²) in [6.07, 6.45) is 0.129. The summed E-state index contributed by atoms with van der Waals surface area (Å²) in [5, 5.41) is 0. The minimum Gasteiger partial charge on any atom is -0.399 e. The van der Waals surface area contributed by atoms with Crippen molar-refractivity contribution in [3.8, 4) is 0 Å². The maximum atomic E-state index is 12.6. The molecule has 1 saturated heterocycles. The predicted octanol–water partition coefficient (Wildman–Crippen LogP) is 2.82. The molecule has 1 aromatic rings. The monoisotopic (exact) mass is 247 g/mol. The molecule has 4 unspecified atom stereocenters. The molecule has 2 N–H and O–H groups in total. The number of anilines is 1. The molecule has 0 aromatic heterocycles. The normalized spacial score (nSPS) is 31.6. The fourth-order valence-corrected chi connectivity index (χ4v) is 2.74. The Kier molecular flexibility index (Phi) is 3.44. The number of hydrogen-bond donors (Lipinski definition) is 1. The molecule has 98 valence electrons. The van der Waals surface area contributed by atoms with Crippen LogP contribution < -0.4 is 5.73 Å². The van der Waals surface area contributed by atoms with Gasteiger partial charge in [0.05, 0.1) is 18.1 Å². The third-order valence-electron chi connectivity index (χ3n) is 4.10. The molecule has 0 bridgehead atoms. The van der Waals surface area contributed by atoms with Gasteiger partial charge in [0.1, 0.15) is 0 Å². The summed E-state index contributed by atoms with van der Waals surface area (Å²) >= 11 is 0. The lowest BCUT2D eigenvalue weighted by atomic mass is 9.83. The SMILES string of the molecule is Cc1cc(C(=O)C2C(C)OC(C)C2C)ccc1N. The summed E-state index contributed by atoms with van der Waals surface area (Å²) in [6.45, 7) is 8.02. The van der Waals surface area contributed by atoms with Crippen molar-refractivity contribution in [1.29, 1.82) is 0 Å². The first-order valence-corrected chi connectivity index (χ1v) is 6.47. The third kappa shape index (κ3) is 2.15. The van der Waals surface area contributed by atoms with E-state index in [4.69, 9.17) is 10.5 Å². The number of ketones is 1. The number of ether oxygens (including phenoxy) is 1. The number of rotatable bonds is 2. The fourth-order valence-electron chi connectivity index (χ4n) is 2.74. The van der Waals surface area contributed by atoms with Gasteiger partial charge in [-0.1, -0.05) is 6.92 Å². The van der Waals surface area contributed by atoms with Crippen LogP contribution in [0.1, 0.15) is 36.7 Å². The van der Waals surface area contributed by atoms with Crippen molar-refractivity contribution >= 4 is 11.5 Å². The average molecular weight is 247 g/mol. The average Bonchev–Trinajstić information content (AvgIpc) is 2.56. The quantitative estimate of drug-likeness (QED) is 0.646. The van der Waals surface area contributed by atoms with E-state index in [1.165, 1.54) is 0 Å². The first kappa shape index (κ1) is 13.1. The summed E-state index contributed by atoms with van der Waals surface area (Å²) in [5.41, 5.74) is 8.20. The fraction of sp³-hybridized carbons (Fsp3) is 0.533. The van der Waals surface area contributed by atoms with Crippen LogP contribution in [-0.4, -0.2) is 18.0 Å². The van der Waals surface area contributed by atoms with Crippen LogP contribution >= 0.6 is 0 Å². The Morgan fingerprint density at radius 3 is 2.39 bits per heavy atom. The minimum atomic E-state index is -0.0528. The molecule has 2 rings (SSSR count). The standard InChI is InChI=1S/C15H21NO2/c1-8-7-12(5-6-13(8)16)15(17)14-9(2)10(3)18-11(14)4/h5-7,9-11,14H,16H2,1-4H3. The van der Waals surface area contributed by atoms with Gasteiger partial charge in [-0.05, 0) is 50.5 Å². The van der Waals surface area contributed by atoms with Crippen molar-refractivity contribution in [2.45, 2.75) is 39.9 Å². The number of carbonyl (C=O) groups is 1. The van der Waals surface area contributed by atoms with E-state index in [1.807, 2.05) is 32.9 Å². The van der Waals surface area contributed by atoms with Crippen LogP contribution in [0.5, 0.6) is 0 Å². The van der Waals surface area contributed by atoms with Gasteiger partial charge in [0, 0.05) is 11.3 Å². The Balaban J connectivity index is 2.28. The summed E-state index contributed by atoms with van der Waals surface area (Å²) in [5.74, 6) is 0.371. The zero-order chi connectivity index (χ0) is 13.4. The van der Waals surface area contributed by atoms with Crippen molar-refractivity contribution in [3.05, 3.63) is 29.3 Å². The molecule has 1 aliphatic rings. The highest BCUT2D eigenvalue weighted by Crippen LogP contribution is 2.34. The Bertz CT molecular complexity index is 470. The lowest BCUT2D eigenvalue weighted by Gasteiger charge is -2.17. The lowest BCUT2D eigenvalue weighted by Crippen LogP contribution is -2.26. The molecule has 3 heteroatoms. The highest BCUT2D eigenvalue weighted by Gasteiger charge is 2.41. The molecule has 1 fully saturated rings. The van der Waals surface area contributed by atoms with Crippen molar-refractivity contribution in [1.82, 2.24) is 0 Å². The summed E-state index contributed by atoms with van der Waals surface area (Å²) in [7, 11) is 0. The van der Waals surface area contributed by atoms with E-state index in [-0.39, 0.29) is 29.8 Å². The molecule has 0 amide bonds. The van der Waals surface area contributed by atoms with Gasteiger partial charge in [0.25, 0.3) is 0 Å².